The second-order valence-corrected chi connectivity index (χ2v) is 8.80. The van der Waals surface area contributed by atoms with Crippen molar-refractivity contribution in [2.45, 2.75) is 13.3 Å². The molecule has 1 aliphatic heterocycles. The molecule has 1 aliphatic rings. The van der Waals surface area contributed by atoms with Crippen LogP contribution in [-0.2, 0) is 14.3 Å². The molecule has 0 fully saturated rings. The number of carbonyl (C=O) groups excluding carboxylic acids is 4. The van der Waals surface area contributed by atoms with Gasteiger partial charge in [-0.15, -0.1) is 0 Å². The molecule has 8 nitrogen and oxygen atoms in total. The molecule has 0 aliphatic carbocycles. The van der Waals surface area contributed by atoms with Gasteiger partial charge in [0.05, 0.1) is 17.9 Å². The summed E-state index contributed by atoms with van der Waals surface area (Å²) < 4.78 is 5.09. The minimum absolute atomic E-state index is 0.100. The minimum atomic E-state index is -0.700. The number of esters is 1. The maximum atomic E-state index is 13.0. The second-order valence-electron chi connectivity index (χ2n) is 7.98. The number of imide groups is 1. The molecule has 0 spiro atoms. The highest BCUT2D eigenvalue weighted by Gasteiger charge is 2.39. The van der Waals surface area contributed by atoms with Gasteiger partial charge in [-0.25, -0.2) is 9.69 Å². The van der Waals surface area contributed by atoms with Crippen molar-refractivity contribution < 1.29 is 23.9 Å². The van der Waals surface area contributed by atoms with E-state index in [2.05, 4.69) is 10.6 Å². The van der Waals surface area contributed by atoms with Gasteiger partial charge in [-0.2, -0.15) is 0 Å². The van der Waals surface area contributed by atoms with Crippen LogP contribution >= 0.6 is 23.2 Å². The van der Waals surface area contributed by atoms with Crippen molar-refractivity contribution in [2.24, 2.45) is 0 Å². The van der Waals surface area contributed by atoms with E-state index in [0.29, 0.717) is 40.6 Å². The van der Waals surface area contributed by atoms with Crippen LogP contribution in [0.1, 0.15) is 34.1 Å². The standard InChI is InChI=1S/C27H21Cl2N3O5/c1-2-15-37-27(36)17-5-13-21(14-6-17)32-25(34)22(29)23(26(32)35)30-19-9-3-16(4-10-19)24(33)31-20-11-7-18(28)8-12-20/h3-14,30H,2,15H2,1H3,(H,31,33). The SMILES string of the molecule is CCCOC(=O)c1ccc(N2C(=O)C(Cl)=C(Nc3ccc(C(=O)Nc4ccc(Cl)cc4)cc3)C2=O)cc1. The van der Waals surface area contributed by atoms with E-state index >= 15 is 0 Å². The Labute approximate surface area is 222 Å². The average Bonchev–Trinajstić information content (AvgIpc) is 3.12. The summed E-state index contributed by atoms with van der Waals surface area (Å²) in [6.07, 6.45) is 0.694. The summed E-state index contributed by atoms with van der Waals surface area (Å²) in [5, 5.41) is 5.90. The van der Waals surface area contributed by atoms with E-state index in [4.69, 9.17) is 27.9 Å². The highest BCUT2D eigenvalue weighted by atomic mass is 35.5. The number of nitrogens with one attached hydrogen (secondary N) is 2. The van der Waals surface area contributed by atoms with Gasteiger partial charge in [0.2, 0.25) is 0 Å². The summed E-state index contributed by atoms with van der Waals surface area (Å²) >= 11 is 12.1. The Morgan fingerprint density at radius 1 is 0.811 bits per heavy atom. The van der Waals surface area contributed by atoms with Crippen molar-refractivity contribution in [3.05, 3.63) is 99.7 Å². The second kappa shape index (κ2) is 11.3. The topological polar surface area (TPSA) is 105 Å². The van der Waals surface area contributed by atoms with E-state index in [0.717, 1.165) is 4.90 Å². The Kier molecular flexibility index (Phi) is 7.91. The zero-order valence-electron chi connectivity index (χ0n) is 19.6. The van der Waals surface area contributed by atoms with Crippen LogP contribution in [0, 0.1) is 0 Å². The van der Waals surface area contributed by atoms with E-state index in [-0.39, 0.29) is 22.3 Å². The lowest BCUT2D eigenvalue weighted by Gasteiger charge is -2.15. The predicted molar refractivity (Wildman–Crippen MR) is 142 cm³/mol. The summed E-state index contributed by atoms with van der Waals surface area (Å²) in [4.78, 5) is 51.2. The van der Waals surface area contributed by atoms with Gasteiger partial charge in [-0.05, 0) is 79.2 Å². The van der Waals surface area contributed by atoms with E-state index in [1.54, 1.807) is 48.5 Å². The van der Waals surface area contributed by atoms with Crippen LogP contribution in [0.5, 0.6) is 0 Å². The van der Waals surface area contributed by atoms with Gasteiger partial charge in [0.15, 0.2) is 0 Å². The van der Waals surface area contributed by atoms with Crippen molar-refractivity contribution >= 4 is 64.0 Å². The number of ether oxygens (including phenoxy) is 1. The first-order valence-electron chi connectivity index (χ1n) is 11.3. The van der Waals surface area contributed by atoms with Crippen LogP contribution in [0.15, 0.2) is 83.5 Å². The first-order chi connectivity index (χ1) is 17.8. The fourth-order valence-corrected chi connectivity index (χ4v) is 3.79. The number of nitrogens with zero attached hydrogens (tertiary/aromatic N) is 1. The smallest absolute Gasteiger partial charge is 0.338 e. The van der Waals surface area contributed by atoms with Crippen LogP contribution in [0.2, 0.25) is 5.02 Å². The third kappa shape index (κ3) is 5.82. The Hall–Kier alpha value is -4.14. The summed E-state index contributed by atoms with van der Waals surface area (Å²) in [7, 11) is 0. The molecule has 0 aromatic heterocycles. The van der Waals surface area contributed by atoms with Crippen LogP contribution in [0.4, 0.5) is 17.1 Å². The summed E-state index contributed by atoms with van der Waals surface area (Å²) in [5.41, 5.74) is 1.88. The first-order valence-corrected chi connectivity index (χ1v) is 12.0. The van der Waals surface area contributed by atoms with E-state index in [1.807, 2.05) is 6.92 Å². The molecular formula is C27H21Cl2N3O5. The maximum absolute atomic E-state index is 13.0. The van der Waals surface area contributed by atoms with Gasteiger partial charge in [0.25, 0.3) is 17.7 Å². The van der Waals surface area contributed by atoms with E-state index in [1.165, 1.54) is 24.3 Å². The monoisotopic (exact) mass is 537 g/mol. The first kappa shape index (κ1) is 25.9. The zero-order chi connectivity index (χ0) is 26.5. The fourth-order valence-electron chi connectivity index (χ4n) is 3.46. The van der Waals surface area contributed by atoms with Crippen molar-refractivity contribution in [1.29, 1.82) is 0 Å². The Morgan fingerprint density at radius 2 is 1.41 bits per heavy atom. The number of carbonyl (C=O) groups is 4. The molecule has 4 rings (SSSR count). The molecule has 0 atom stereocenters. The predicted octanol–water partition coefficient (Wildman–Crippen LogP) is 5.59. The largest absolute Gasteiger partial charge is 0.462 e. The number of hydrogen-bond donors (Lipinski definition) is 2. The van der Waals surface area contributed by atoms with Crippen molar-refractivity contribution in [3.8, 4) is 0 Å². The van der Waals surface area contributed by atoms with Crippen molar-refractivity contribution in [2.75, 3.05) is 22.1 Å². The number of halogens is 2. The third-order valence-electron chi connectivity index (χ3n) is 5.34. The molecule has 0 radical (unpaired) electrons. The molecule has 3 amide bonds. The lowest BCUT2D eigenvalue weighted by atomic mass is 10.2. The summed E-state index contributed by atoms with van der Waals surface area (Å²) in [6, 6.07) is 18.9. The highest BCUT2D eigenvalue weighted by Crippen LogP contribution is 2.30. The van der Waals surface area contributed by atoms with Crippen molar-refractivity contribution in [1.82, 2.24) is 0 Å². The van der Waals surface area contributed by atoms with E-state index < -0.39 is 17.8 Å². The molecule has 0 saturated heterocycles. The molecular weight excluding hydrogens is 517 g/mol. The van der Waals surface area contributed by atoms with Gasteiger partial charge >= 0.3 is 5.97 Å². The number of hydrogen-bond acceptors (Lipinski definition) is 6. The quantitative estimate of drug-likeness (QED) is 0.286. The van der Waals surface area contributed by atoms with Gasteiger partial charge in [0, 0.05) is 22.0 Å². The van der Waals surface area contributed by atoms with Gasteiger partial charge < -0.3 is 15.4 Å². The van der Waals surface area contributed by atoms with Gasteiger partial charge in [0.1, 0.15) is 10.7 Å². The molecule has 10 heteroatoms. The molecule has 3 aromatic rings. The molecule has 2 N–H and O–H groups in total. The Morgan fingerprint density at radius 3 is 2.03 bits per heavy atom. The van der Waals surface area contributed by atoms with Crippen LogP contribution in [0.3, 0.4) is 0 Å². The fraction of sp³-hybridized carbons (Fsp3) is 0.111. The van der Waals surface area contributed by atoms with Gasteiger partial charge in [-0.3, -0.25) is 14.4 Å². The number of benzene rings is 3. The van der Waals surface area contributed by atoms with E-state index in [9.17, 15) is 19.2 Å². The normalized spacial score (nSPS) is 13.1. The number of amides is 3. The molecule has 0 unspecified atom stereocenters. The molecule has 1 heterocycles. The highest BCUT2D eigenvalue weighted by molar-refractivity contribution is 6.53. The lowest BCUT2D eigenvalue weighted by Crippen LogP contribution is -2.32. The molecule has 3 aromatic carbocycles. The minimum Gasteiger partial charge on any atom is -0.462 e. The third-order valence-corrected chi connectivity index (χ3v) is 5.95. The summed E-state index contributed by atoms with van der Waals surface area (Å²) in [5.74, 6) is -2.17. The van der Waals surface area contributed by atoms with Crippen molar-refractivity contribution in [3.63, 3.8) is 0 Å². The van der Waals surface area contributed by atoms with Crippen LogP contribution in [0.25, 0.3) is 0 Å². The molecule has 0 saturated carbocycles. The van der Waals surface area contributed by atoms with Crippen LogP contribution < -0.4 is 15.5 Å². The summed E-state index contributed by atoms with van der Waals surface area (Å²) in [6.45, 7) is 2.18. The lowest BCUT2D eigenvalue weighted by molar-refractivity contribution is -0.120. The van der Waals surface area contributed by atoms with Crippen LogP contribution in [-0.4, -0.2) is 30.3 Å². The Balaban J connectivity index is 1.43. The van der Waals surface area contributed by atoms with Gasteiger partial charge in [-0.1, -0.05) is 30.1 Å². The number of anilines is 3. The zero-order valence-corrected chi connectivity index (χ0v) is 21.1. The number of rotatable bonds is 8. The Bertz CT molecular complexity index is 1390. The molecule has 0 bridgehead atoms. The average molecular weight is 538 g/mol. The molecule has 37 heavy (non-hydrogen) atoms. The molecule has 188 valence electrons. The maximum Gasteiger partial charge on any atom is 0.338 e.